The van der Waals surface area contributed by atoms with Gasteiger partial charge in [-0.15, -0.1) is 0 Å². The highest BCUT2D eigenvalue weighted by atomic mass is 32.2. The number of carbonyl (C=O) groups is 1. The molecule has 2 heterocycles. The number of aryl methyl sites for hydroxylation is 1. The molecule has 0 unspecified atom stereocenters. The molecule has 1 aliphatic heterocycles. The third-order valence-corrected chi connectivity index (χ3v) is 4.96. The molecule has 1 aromatic carbocycles. The first-order valence-electron chi connectivity index (χ1n) is 7.60. The SMILES string of the molecule is Cc1c(C(=O)N2CCC(NS(C)(=O)=O)CC2)oc2ccccc12. The molecule has 1 aromatic heterocycles. The van der Waals surface area contributed by atoms with Crippen LogP contribution in [0.15, 0.2) is 28.7 Å². The summed E-state index contributed by atoms with van der Waals surface area (Å²) in [6.45, 7) is 2.92. The van der Waals surface area contributed by atoms with Crippen LogP contribution in [0.1, 0.15) is 29.0 Å². The van der Waals surface area contributed by atoms with Gasteiger partial charge in [0, 0.05) is 30.1 Å². The van der Waals surface area contributed by atoms with Crippen LogP contribution in [0.2, 0.25) is 0 Å². The molecule has 23 heavy (non-hydrogen) atoms. The van der Waals surface area contributed by atoms with Crippen LogP contribution in [0.5, 0.6) is 0 Å². The van der Waals surface area contributed by atoms with E-state index < -0.39 is 10.0 Å². The van der Waals surface area contributed by atoms with Crippen LogP contribution in [-0.2, 0) is 10.0 Å². The van der Waals surface area contributed by atoms with E-state index in [1.54, 1.807) is 4.90 Å². The Morgan fingerprint density at radius 3 is 2.52 bits per heavy atom. The van der Waals surface area contributed by atoms with Crippen LogP contribution in [-0.4, -0.2) is 44.6 Å². The molecule has 1 N–H and O–H groups in total. The summed E-state index contributed by atoms with van der Waals surface area (Å²) in [6, 6.07) is 7.48. The average molecular weight is 336 g/mol. The van der Waals surface area contributed by atoms with Gasteiger partial charge in [-0.2, -0.15) is 0 Å². The van der Waals surface area contributed by atoms with E-state index in [0.717, 1.165) is 17.2 Å². The van der Waals surface area contributed by atoms with Gasteiger partial charge in [-0.25, -0.2) is 13.1 Å². The topological polar surface area (TPSA) is 79.6 Å². The molecular weight excluding hydrogens is 316 g/mol. The molecule has 0 radical (unpaired) electrons. The van der Waals surface area contributed by atoms with E-state index in [1.165, 1.54) is 0 Å². The van der Waals surface area contributed by atoms with Gasteiger partial charge >= 0.3 is 0 Å². The Bertz CT molecular complexity index is 833. The van der Waals surface area contributed by atoms with E-state index >= 15 is 0 Å². The molecular formula is C16H20N2O4S. The molecule has 1 aliphatic rings. The molecule has 0 saturated carbocycles. The number of furan rings is 1. The lowest BCUT2D eigenvalue weighted by atomic mass is 10.1. The van der Waals surface area contributed by atoms with Gasteiger partial charge in [-0.1, -0.05) is 18.2 Å². The maximum absolute atomic E-state index is 12.7. The second kappa shape index (κ2) is 5.98. The van der Waals surface area contributed by atoms with Crippen molar-refractivity contribution in [2.45, 2.75) is 25.8 Å². The van der Waals surface area contributed by atoms with Crippen molar-refractivity contribution in [1.29, 1.82) is 0 Å². The molecule has 0 spiro atoms. The molecule has 3 rings (SSSR count). The summed E-state index contributed by atoms with van der Waals surface area (Å²) in [5.41, 5.74) is 1.56. The highest BCUT2D eigenvalue weighted by molar-refractivity contribution is 7.88. The van der Waals surface area contributed by atoms with Gasteiger partial charge in [0.1, 0.15) is 5.58 Å². The monoisotopic (exact) mass is 336 g/mol. The second-order valence-corrected chi connectivity index (χ2v) is 7.79. The van der Waals surface area contributed by atoms with Crippen molar-refractivity contribution < 1.29 is 17.6 Å². The minimum Gasteiger partial charge on any atom is -0.451 e. The van der Waals surface area contributed by atoms with Crippen LogP contribution in [0.3, 0.4) is 0 Å². The van der Waals surface area contributed by atoms with Crippen LogP contribution in [0.25, 0.3) is 11.0 Å². The van der Waals surface area contributed by atoms with Crippen molar-refractivity contribution in [3.63, 3.8) is 0 Å². The van der Waals surface area contributed by atoms with E-state index in [-0.39, 0.29) is 11.9 Å². The predicted octanol–water partition coefficient (Wildman–Crippen LogP) is 1.90. The van der Waals surface area contributed by atoms with Crippen molar-refractivity contribution in [1.82, 2.24) is 9.62 Å². The zero-order chi connectivity index (χ0) is 16.6. The van der Waals surface area contributed by atoms with Crippen molar-refractivity contribution in [3.05, 3.63) is 35.6 Å². The Hall–Kier alpha value is -1.86. The zero-order valence-electron chi connectivity index (χ0n) is 13.2. The highest BCUT2D eigenvalue weighted by Gasteiger charge is 2.28. The molecule has 2 aromatic rings. The molecule has 1 fully saturated rings. The fraction of sp³-hybridized carbons (Fsp3) is 0.438. The van der Waals surface area contributed by atoms with E-state index in [1.807, 2.05) is 31.2 Å². The van der Waals surface area contributed by atoms with Gasteiger partial charge in [-0.3, -0.25) is 4.79 Å². The molecule has 0 bridgehead atoms. The van der Waals surface area contributed by atoms with Gasteiger partial charge in [-0.05, 0) is 25.8 Å². The van der Waals surface area contributed by atoms with Gasteiger partial charge < -0.3 is 9.32 Å². The van der Waals surface area contributed by atoms with Crippen LogP contribution in [0.4, 0.5) is 0 Å². The van der Waals surface area contributed by atoms with E-state index in [4.69, 9.17) is 4.42 Å². The fourth-order valence-electron chi connectivity index (χ4n) is 3.03. The summed E-state index contributed by atoms with van der Waals surface area (Å²) in [5, 5.41) is 0.949. The lowest BCUT2D eigenvalue weighted by Gasteiger charge is -2.31. The number of nitrogens with one attached hydrogen (secondary N) is 1. The van der Waals surface area contributed by atoms with Crippen molar-refractivity contribution in [2.24, 2.45) is 0 Å². The lowest BCUT2D eigenvalue weighted by molar-refractivity contribution is 0.0680. The average Bonchev–Trinajstić information content (AvgIpc) is 2.83. The van der Waals surface area contributed by atoms with E-state index in [2.05, 4.69) is 4.72 Å². The van der Waals surface area contributed by atoms with Gasteiger partial charge in [0.2, 0.25) is 10.0 Å². The normalized spacial score (nSPS) is 16.9. The molecule has 0 aliphatic carbocycles. The number of carbonyl (C=O) groups excluding carboxylic acids is 1. The summed E-state index contributed by atoms with van der Waals surface area (Å²) in [7, 11) is -3.21. The lowest BCUT2D eigenvalue weighted by Crippen LogP contribution is -2.46. The molecule has 6 nitrogen and oxygen atoms in total. The summed E-state index contributed by atoms with van der Waals surface area (Å²) in [4.78, 5) is 14.4. The van der Waals surface area contributed by atoms with Crippen molar-refractivity contribution in [2.75, 3.05) is 19.3 Å². The molecule has 0 atom stereocenters. The van der Waals surface area contributed by atoms with E-state index in [9.17, 15) is 13.2 Å². The maximum Gasteiger partial charge on any atom is 0.289 e. The third-order valence-electron chi connectivity index (χ3n) is 4.20. The number of benzene rings is 1. The molecule has 1 saturated heterocycles. The van der Waals surface area contributed by atoms with E-state index in [0.29, 0.717) is 37.3 Å². The Kier molecular flexibility index (Phi) is 4.16. The Morgan fingerprint density at radius 2 is 1.91 bits per heavy atom. The third kappa shape index (κ3) is 3.40. The fourth-order valence-corrected chi connectivity index (χ4v) is 3.87. The number of rotatable bonds is 3. The maximum atomic E-state index is 12.7. The first-order valence-corrected chi connectivity index (χ1v) is 9.49. The number of amides is 1. The van der Waals surface area contributed by atoms with Crippen molar-refractivity contribution >= 4 is 26.9 Å². The first kappa shape index (κ1) is 16.0. The van der Waals surface area contributed by atoms with Crippen LogP contribution < -0.4 is 4.72 Å². The number of hydrogen-bond acceptors (Lipinski definition) is 4. The summed E-state index contributed by atoms with van der Waals surface area (Å²) in [6.07, 6.45) is 2.37. The number of likely N-dealkylation sites (tertiary alicyclic amines) is 1. The second-order valence-electron chi connectivity index (χ2n) is 6.01. The molecule has 1 amide bonds. The minimum atomic E-state index is -3.21. The Morgan fingerprint density at radius 1 is 1.26 bits per heavy atom. The summed E-state index contributed by atoms with van der Waals surface area (Å²) >= 11 is 0. The number of para-hydroxylation sites is 1. The number of piperidine rings is 1. The van der Waals surface area contributed by atoms with Crippen LogP contribution >= 0.6 is 0 Å². The van der Waals surface area contributed by atoms with Crippen LogP contribution in [0, 0.1) is 6.92 Å². The zero-order valence-corrected chi connectivity index (χ0v) is 14.0. The van der Waals surface area contributed by atoms with Gasteiger partial charge in [0.25, 0.3) is 5.91 Å². The summed E-state index contributed by atoms with van der Waals surface area (Å²) in [5.74, 6) is 0.247. The Labute approximate surface area is 135 Å². The Balaban J connectivity index is 1.73. The smallest absolute Gasteiger partial charge is 0.289 e. The first-order chi connectivity index (χ1) is 10.8. The van der Waals surface area contributed by atoms with Crippen molar-refractivity contribution in [3.8, 4) is 0 Å². The highest BCUT2D eigenvalue weighted by Crippen LogP contribution is 2.26. The number of nitrogens with zero attached hydrogens (tertiary/aromatic N) is 1. The standard InChI is InChI=1S/C16H20N2O4S/c1-11-13-5-3-4-6-14(13)22-15(11)16(19)18-9-7-12(8-10-18)17-23(2,20)21/h3-6,12,17H,7-10H2,1-2H3. The number of fused-ring (bicyclic) bond motifs is 1. The molecule has 124 valence electrons. The number of sulfonamides is 1. The van der Waals surface area contributed by atoms with Gasteiger partial charge in [0.05, 0.1) is 6.26 Å². The molecule has 7 heteroatoms. The van der Waals surface area contributed by atoms with Gasteiger partial charge in [0.15, 0.2) is 5.76 Å². The number of hydrogen-bond donors (Lipinski definition) is 1. The predicted molar refractivity (Wildman–Crippen MR) is 87.9 cm³/mol. The quantitative estimate of drug-likeness (QED) is 0.928. The summed E-state index contributed by atoms with van der Waals surface area (Å²) < 4.78 is 30.9. The largest absolute Gasteiger partial charge is 0.451 e. The minimum absolute atomic E-state index is 0.106.